The fourth-order valence-corrected chi connectivity index (χ4v) is 2.25. The number of aliphatic carboxylic acids is 1. The van der Waals surface area contributed by atoms with Gasteiger partial charge in [0.1, 0.15) is 0 Å². The number of amides is 2. The molecule has 0 bridgehead atoms. The Morgan fingerprint density at radius 2 is 2.12 bits per heavy atom. The van der Waals surface area contributed by atoms with Crippen LogP contribution < -0.4 is 5.32 Å². The second-order valence-electron chi connectivity index (χ2n) is 4.84. The van der Waals surface area contributed by atoms with Crippen LogP contribution in [0, 0.1) is 17.8 Å². The highest BCUT2D eigenvalue weighted by molar-refractivity contribution is 5.89. The molecular formula is C11H16N2O4. The second kappa shape index (κ2) is 4.35. The van der Waals surface area contributed by atoms with Crippen molar-refractivity contribution in [1.29, 1.82) is 0 Å². The van der Waals surface area contributed by atoms with Gasteiger partial charge >= 0.3 is 5.97 Å². The summed E-state index contributed by atoms with van der Waals surface area (Å²) in [6.07, 6.45) is 0.258. The number of nitrogens with zero attached hydrogens (tertiary/aromatic N) is 1. The number of nitrogens with one attached hydrogen (secondary N) is 1. The van der Waals surface area contributed by atoms with Gasteiger partial charge in [-0.15, -0.1) is 0 Å². The van der Waals surface area contributed by atoms with Crippen LogP contribution >= 0.6 is 0 Å². The summed E-state index contributed by atoms with van der Waals surface area (Å²) in [6.45, 7) is 3.07. The fraction of sp³-hybridized carbons (Fsp3) is 0.727. The van der Waals surface area contributed by atoms with Crippen LogP contribution in [0.15, 0.2) is 0 Å². The van der Waals surface area contributed by atoms with Crippen molar-refractivity contribution >= 4 is 17.8 Å². The van der Waals surface area contributed by atoms with Gasteiger partial charge < -0.3 is 15.3 Å². The zero-order valence-electron chi connectivity index (χ0n) is 9.68. The van der Waals surface area contributed by atoms with Crippen molar-refractivity contribution in [2.24, 2.45) is 17.8 Å². The standard InChI is InChI=1S/C11H16N2O4/c1-6(11(16)17)8-4-13(5-8)10(15)7-2-9(14)12-3-7/h6-8H,2-5H2,1H3,(H,12,14)(H,16,17). The molecule has 0 aliphatic carbocycles. The first-order chi connectivity index (χ1) is 7.99. The molecular weight excluding hydrogens is 224 g/mol. The van der Waals surface area contributed by atoms with E-state index in [1.165, 1.54) is 0 Å². The van der Waals surface area contributed by atoms with E-state index in [0.29, 0.717) is 19.6 Å². The van der Waals surface area contributed by atoms with Gasteiger partial charge in [-0.1, -0.05) is 6.92 Å². The Kier molecular flexibility index (Phi) is 3.04. The first-order valence-electron chi connectivity index (χ1n) is 5.77. The first-order valence-corrected chi connectivity index (χ1v) is 5.77. The molecule has 2 N–H and O–H groups in total. The second-order valence-corrected chi connectivity index (χ2v) is 4.84. The van der Waals surface area contributed by atoms with Gasteiger partial charge in [0.05, 0.1) is 11.8 Å². The largest absolute Gasteiger partial charge is 0.481 e. The van der Waals surface area contributed by atoms with Crippen molar-refractivity contribution in [2.75, 3.05) is 19.6 Å². The van der Waals surface area contributed by atoms with Gasteiger partial charge in [-0.2, -0.15) is 0 Å². The summed E-state index contributed by atoms with van der Waals surface area (Å²) in [5.41, 5.74) is 0. The number of carbonyl (C=O) groups is 3. The van der Waals surface area contributed by atoms with Gasteiger partial charge in [-0.25, -0.2) is 0 Å². The summed E-state index contributed by atoms with van der Waals surface area (Å²) in [4.78, 5) is 35.3. The van der Waals surface area contributed by atoms with E-state index >= 15 is 0 Å². The van der Waals surface area contributed by atoms with Crippen molar-refractivity contribution in [3.05, 3.63) is 0 Å². The van der Waals surface area contributed by atoms with Gasteiger partial charge in [-0.3, -0.25) is 14.4 Å². The van der Waals surface area contributed by atoms with Crippen LogP contribution in [0.1, 0.15) is 13.3 Å². The lowest BCUT2D eigenvalue weighted by molar-refractivity contribution is -0.152. The molecule has 2 heterocycles. The SMILES string of the molecule is CC(C(=O)O)C1CN(C(=O)C2CNC(=O)C2)C1. The molecule has 2 atom stereocenters. The molecule has 2 aliphatic rings. The molecule has 0 saturated carbocycles. The van der Waals surface area contributed by atoms with Crippen molar-refractivity contribution in [2.45, 2.75) is 13.3 Å². The van der Waals surface area contributed by atoms with Gasteiger partial charge in [0.2, 0.25) is 11.8 Å². The zero-order valence-corrected chi connectivity index (χ0v) is 9.68. The van der Waals surface area contributed by atoms with E-state index in [-0.39, 0.29) is 30.1 Å². The smallest absolute Gasteiger partial charge is 0.306 e. The molecule has 6 heteroatoms. The Labute approximate surface area is 99.0 Å². The molecule has 2 saturated heterocycles. The van der Waals surface area contributed by atoms with Crippen LogP contribution in [0.2, 0.25) is 0 Å². The molecule has 0 aromatic rings. The maximum atomic E-state index is 11.9. The molecule has 2 fully saturated rings. The van der Waals surface area contributed by atoms with E-state index in [1.54, 1.807) is 11.8 Å². The average molecular weight is 240 g/mol. The molecule has 94 valence electrons. The molecule has 2 amide bonds. The predicted octanol–water partition coefficient (Wildman–Crippen LogP) is -0.698. The molecule has 2 rings (SSSR count). The highest BCUT2D eigenvalue weighted by Crippen LogP contribution is 2.26. The van der Waals surface area contributed by atoms with Crippen LogP contribution in [-0.2, 0) is 14.4 Å². The third-order valence-corrected chi connectivity index (χ3v) is 3.64. The summed E-state index contributed by atoms with van der Waals surface area (Å²) in [7, 11) is 0. The zero-order chi connectivity index (χ0) is 12.6. The summed E-state index contributed by atoms with van der Waals surface area (Å²) in [6, 6.07) is 0. The number of carboxylic acids is 1. The van der Waals surface area contributed by atoms with Gasteiger partial charge in [-0.05, 0) is 0 Å². The number of rotatable bonds is 3. The minimum atomic E-state index is -0.820. The maximum Gasteiger partial charge on any atom is 0.306 e. The lowest BCUT2D eigenvalue weighted by Crippen LogP contribution is -2.55. The van der Waals surface area contributed by atoms with E-state index in [1.807, 2.05) is 0 Å². The van der Waals surface area contributed by atoms with Crippen LogP contribution in [-0.4, -0.2) is 47.4 Å². The molecule has 6 nitrogen and oxygen atoms in total. The number of hydrogen-bond donors (Lipinski definition) is 2. The molecule has 2 unspecified atom stereocenters. The Morgan fingerprint density at radius 3 is 2.59 bits per heavy atom. The molecule has 2 aliphatic heterocycles. The molecule has 17 heavy (non-hydrogen) atoms. The summed E-state index contributed by atoms with van der Waals surface area (Å²) in [5, 5.41) is 11.5. The van der Waals surface area contributed by atoms with Crippen molar-refractivity contribution < 1.29 is 19.5 Å². The topological polar surface area (TPSA) is 86.7 Å². The number of hydrogen-bond acceptors (Lipinski definition) is 3. The van der Waals surface area contributed by atoms with Crippen LogP contribution in [0.4, 0.5) is 0 Å². The van der Waals surface area contributed by atoms with Crippen LogP contribution in [0.25, 0.3) is 0 Å². The maximum absolute atomic E-state index is 11.9. The van der Waals surface area contributed by atoms with E-state index in [4.69, 9.17) is 5.11 Å². The van der Waals surface area contributed by atoms with E-state index in [0.717, 1.165) is 0 Å². The van der Waals surface area contributed by atoms with E-state index in [9.17, 15) is 14.4 Å². The molecule has 0 aromatic carbocycles. The van der Waals surface area contributed by atoms with E-state index < -0.39 is 11.9 Å². The summed E-state index contributed by atoms with van der Waals surface area (Å²) in [5.74, 6) is -1.57. The van der Waals surface area contributed by atoms with Crippen LogP contribution in [0.5, 0.6) is 0 Å². The number of carbonyl (C=O) groups excluding carboxylic acids is 2. The Bertz CT molecular complexity index is 362. The quantitative estimate of drug-likeness (QED) is 0.683. The van der Waals surface area contributed by atoms with Crippen molar-refractivity contribution in [3.8, 4) is 0 Å². The minimum Gasteiger partial charge on any atom is -0.481 e. The predicted molar refractivity (Wildman–Crippen MR) is 58.0 cm³/mol. The van der Waals surface area contributed by atoms with Gasteiger partial charge in [0.25, 0.3) is 0 Å². The normalized spacial score (nSPS) is 26.3. The Morgan fingerprint density at radius 1 is 1.47 bits per heavy atom. The Hall–Kier alpha value is -1.59. The third kappa shape index (κ3) is 2.25. The molecule has 0 aromatic heterocycles. The number of likely N-dealkylation sites (tertiary alicyclic amines) is 1. The van der Waals surface area contributed by atoms with Gasteiger partial charge in [0.15, 0.2) is 0 Å². The van der Waals surface area contributed by atoms with Crippen molar-refractivity contribution in [1.82, 2.24) is 10.2 Å². The number of carboxylic acid groups (broad SMARTS) is 1. The van der Waals surface area contributed by atoms with E-state index in [2.05, 4.69) is 5.32 Å². The highest BCUT2D eigenvalue weighted by Gasteiger charge is 2.40. The summed E-state index contributed by atoms with van der Waals surface area (Å²) >= 11 is 0. The summed E-state index contributed by atoms with van der Waals surface area (Å²) < 4.78 is 0. The fourth-order valence-electron chi connectivity index (χ4n) is 2.25. The first kappa shape index (κ1) is 11.9. The van der Waals surface area contributed by atoms with Gasteiger partial charge in [0, 0.05) is 32.0 Å². The molecule has 0 spiro atoms. The molecule has 0 radical (unpaired) electrons. The van der Waals surface area contributed by atoms with Crippen LogP contribution in [0.3, 0.4) is 0 Å². The lowest BCUT2D eigenvalue weighted by Gasteiger charge is -2.42. The monoisotopic (exact) mass is 240 g/mol. The van der Waals surface area contributed by atoms with Crippen molar-refractivity contribution in [3.63, 3.8) is 0 Å². The lowest BCUT2D eigenvalue weighted by atomic mass is 9.86. The minimum absolute atomic E-state index is 0.0304. The Balaban J connectivity index is 1.81. The highest BCUT2D eigenvalue weighted by atomic mass is 16.4. The third-order valence-electron chi connectivity index (χ3n) is 3.64. The average Bonchev–Trinajstić information content (AvgIpc) is 2.62.